The fraction of sp³-hybridized carbons (Fsp3) is 0.346. The molecule has 178 valence electrons. The Balaban J connectivity index is 1.75. The highest BCUT2D eigenvalue weighted by Crippen LogP contribution is 2.33. The van der Waals surface area contributed by atoms with Crippen molar-refractivity contribution >= 4 is 46.5 Å². The number of halogens is 2. The molecule has 1 aliphatic rings. The summed E-state index contributed by atoms with van der Waals surface area (Å²) in [6, 6.07) is 16.6. The predicted molar refractivity (Wildman–Crippen MR) is 137 cm³/mol. The summed E-state index contributed by atoms with van der Waals surface area (Å²) < 4.78 is 4.45. The summed E-state index contributed by atoms with van der Waals surface area (Å²) in [6.07, 6.45) is 5.29. The minimum atomic E-state index is -0.841. The number of nitrogens with one attached hydrogen (secondary N) is 1. The average molecular weight is 516 g/mol. The van der Waals surface area contributed by atoms with Crippen LogP contribution < -0.4 is 5.32 Å². The highest BCUT2D eigenvalue weighted by Gasteiger charge is 2.35. The van der Waals surface area contributed by atoms with Crippen molar-refractivity contribution in [1.29, 1.82) is 0 Å². The van der Waals surface area contributed by atoms with Crippen LogP contribution in [0.3, 0.4) is 0 Å². The zero-order chi connectivity index (χ0) is 24.1. The molecule has 1 heterocycles. The SMILES string of the molecule is Cc1ccc([C@H](C(=O)NC2CCCCC2)N(Cc2ccccc2)C(=O)c2nsc(Cl)c2Cl)cc1. The average Bonchev–Trinajstić information content (AvgIpc) is 3.18. The van der Waals surface area contributed by atoms with Gasteiger partial charge < -0.3 is 10.2 Å². The van der Waals surface area contributed by atoms with Crippen LogP contribution in [0.2, 0.25) is 9.36 Å². The van der Waals surface area contributed by atoms with Gasteiger partial charge in [0.05, 0.1) is 0 Å². The number of carbonyl (C=O) groups excluding carboxylic acids is 2. The van der Waals surface area contributed by atoms with E-state index in [0.29, 0.717) is 0 Å². The van der Waals surface area contributed by atoms with Gasteiger partial charge in [-0.3, -0.25) is 9.59 Å². The van der Waals surface area contributed by atoms with E-state index >= 15 is 0 Å². The maximum Gasteiger partial charge on any atom is 0.276 e. The Bertz CT molecular complexity index is 1130. The number of benzene rings is 2. The van der Waals surface area contributed by atoms with E-state index in [0.717, 1.165) is 53.9 Å². The summed E-state index contributed by atoms with van der Waals surface area (Å²) >= 11 is 13.4. The fourth-order valence-corrected chi connectivity index (χ4v) is 5.32. The Morgan fingerprint density at radius 2 is 1.74 bits per heavy atom. The summed E-state index contributed by atoms with van der Waals surface area (Å²) in [5.74, 6) is -0.626. The quantitative estimate of drug-likeness (QED) is 0.385. The van der Waals surface area contributed by atoms with Gasteiger partial charge in [-0.1, -0.05) is 103 Å². The Morgan fingerprint density at radius 1 is 1.06 bits per heavy atom. The first-order valence-corrected chi connectivity index (χ1v) is 13.0. The molecule has 1 fully saturated rings. The Labute approximate surface area is 214 Å². The van der Waals surface area contributed by atoms with Crippen molar-refractivity contribution in [2.75, 3.05) is 0 Å². The highest BCUT2D eigenvalue weighted by atomic mass is 35.5. The van der Waals surface area contributed by atoms with Crippen LogP contribution in [0.4, 0.5) is 0 Å². The second kappa shape index (κ2) is 11.3. The normalized spacial score (nSPS) is 15.0. The van der Waals surface area contributed by atoms with Crippen molar-refractivity contribution in [2.45, 2.75) is 57.7 Å². The number of carbonyl (C=O) groups is 2. The number of nitrogens with zero attached hydrogens (tertiary/aromatic N) is 2. The van der Waals surface area contributed by atoms with Crippen LogP contribution in [0.15, 0.2) is 54.6 Å². The minimum absolute atomic E-state index is 0.0650. The van der Waals surface area contributed by atoms with E-state index in [4.69, 9.17) is 23.2 Å². The van der Waals surface area contributed by atoms with E-state index < -0.39 is 11.9 Å². The fourth-order valence-electron chi connectivity index (χ4n) is 4.34. The number of hydrogen-bond donors (Lipinski definition) is 1. The zero-order valence-electron chi connectivity index (χ0n) is 19.0. The van der Waals surface area contributed by atoms with Gasteiger partial charge >= 0.3 is 0 Å². The van der Waals surface area contributed by atoms with E-state index in [1.807, 2.05) is 61.5 Å². The van der Waals surface area contributed by atoms with Gasteiger partial charge in [-0.15, -0.1) is 0 Å². The summed E-state index contributed by atoms with van der Waals surface area (Å²) in [7, 11) is 0. The molecule has 0 spiro atoms. The third-order valence-corrected chi connectivity index (χ3v) is 7.77. The maximum atomic E-state index is 13.8. The van der Waals surface area contributed by atoms with Gasteiger partial charge in [-0.05, 0) is 42.4 Å². The minimum Gasteiger partial charge on any atom is -0.351 e. The second-order valence-corrected chi connectivity index (χ2v) is 10.4. The van der Waals surface area contributed by atoms with Crippen LogP contribution >= 0.6 is 34.7 Å². The van der Waals surface area contributed by atoms with Crippen LogP contribution in [0, 0.1) is 6.92 Å². The highest BCUT2D eigenvalue weighted by molar-refractivity contribution is 7.11. The lowest BCUT2D eigenvalue weighted by molar-refractivity contribution is -0.127. The molecule has 4 rings (SSSR count). The Morgan fingerprint density at radius 3 is 2.35 bits per heavy atom. The maximum absolute atomic E-state index is 13.8. The van der Waals surface area contributed by atoms with Crippen molar-refractivity contribution in [1.82, 2.24) is 14.6 Å². The van der Waals surface area contributed by atoms with E-state index in [1.165, 1.54) is 6.42 Å². The molecule has 8 heteroatoms. The van der Waals surface area contributed by atoms with Gasteiger partial charge in [-0.2, -0.15) is 4.37 Å². The smallest absolute Gasteiger partial charge is 0.276 e. The van der Waals surface area contributed by atoms with Crippen molar-refractivity contribution < 1.29 is 9.59 Å². The van der Waals surface area contributed by atoms with E-state index in [1.54, 1.807) is 4.90 Å². The molecule has 1 saturated carbocycles. The predicted octanol–water partition coefficient (Wildman–Crippen LogP) is 6.59. The summed E-state index contributed by atoms with van der Waals surface area (Å²) in [5, 5.41) is 3.33. The third kappa shape index (κ3) is 5.80. The van der Waals surface area contributed by atoms with Crippen molar-refractivity contribution in [2.24, 2.45) is 0 Å². The van der Waals surface area contributed by atoms with Crippen LogP contribution in [0.1, 0.15) is 65.3 Å². The molecule has 2 amide bonds. The van der Waals surface area contributed by atoms with Gasteiger partial charge in [-0.25, -0.2) is 0 Å². The van der Waals surface area contributed by atoms with Crippen molar-refractivity contribution in [3.05, 3.63) is 86.3 Å². The molecule has 0 unspecified atom stereocenters. The number of aryl methyl sites for hydroxylation is 1. The molecule has 0 aliphatic heterocycles. The van der Waals surface area contributed by atoms with Gasteiger partial charge in [0, 0.05) is 12.6 Å². The van der Waals surface area contributed by atoms with Gasteiger partial charge in [0.2, 0.25) is 5.91 Å². The molecule has 34 heavy (non-hydrogen) atoms. The van der Waals surface area contributed by atoms with E-state index in [2.05, 4.69) is 9.69 Å². The number of aromatic nitrogens is 1. The molecule has 1 atom stereocenters. The van der Waals surface area contributed by atoms with Crippen molar-refractivity contribution in [3.8, 4) is 0 Å². The first kappa shape index (κ1) is 24.7. The molecular weight excluding hydrogens is 489 g/mol. The van der Waals surface area contributed by atoms with Crippen LogP contribution in [-0.2, 0) is 11.3 Å². The second-order valence-electron chi connectivity index (χ2n) is 8.69. The van der Waals surface area contributed by atoms with E-state index in [-0.39, 0.29) is 33.5 Å². The van der Waals surface area contributed by atoms with Gasteiger partial charge in [0.15, 0.2) is 5.69 Å². The first-order valence-electron chi connectivity index (χ1n) is 11.5. The number of rotatable bonds is 7. The van der Waals surface area contributed by atoms with Crippen LogP contribution in [-0.4, -0.2) is 27.1 Å². The zero-order valence-corrected chi connectivity index (χ0v) is 21.3. The summed E-state index contributed by atoms with van der Waals surface area (Å²) in [5.41, 5.74) is 2.78. The summed E-state index contributed by atoms with van der Waals surface area (Å²) in [6.45, 7) is 2.21. The Hall–Kier alpha value is -2.41. The number of amides is 2. The van der Waals surface area contributed by atoms with Crippen molar-refractivity contribution in [3.63, 3.8) is 0 Å². The standard InChI is InChI=1S/C26H27Cl2N3O2S/c1-17-12-14-19(15-13-17)23(25(32)29-20-10-6-3-7-11-20)31(16-18-8-4-2-5-9-18)26(33)22-21(27)24(28)34-30-22/h2,4-5,8-9,12-15,20,23H,3,6-7,10-11,16H2,1H3,(H,29,32)/t23-/m1/s1. The molecular formula is C26H27Cl2N3O2S. The molecule has 1 N–H and O–H groups in total. The topological polar surface area (TPSA) is 62.3 Å². The molecule has 0 radical (unpaired) electrons. The third-order valence-electron chi connectivity index (χ3n) is 6.16. The van der Waals surface area contributed by atoms with E-state index in [9.17, 15) is 9.59 Å². The van der Waals surface area contributed by atoms with Crippen LogP contribution in [0.5, 0.6) is 0 Å². The molecule has 0 bridgehead atoms. The van der Waals surface area contributed by atoms with Gasteiger partial charge in [0.1, 0.15) is 15.4 Å². The lowest BCUT2D eigenvalue weighted by atomic mass is 9.94. The summed E-state index contributed by atoms with van der Waals surface area (Å²) in [4.78, 5) is 29.1. The molecule has 3 aromatic rings. The molecule has 5 nitrogen and oxygen atoms in total. The number of hydrogen-bond acceptors (Lipinski definition) is 4. The molecule has 2 aromatic carbocycles. The monoisotopic (exact) mass is 515 g/mol. The van der Waals surface area contributed by atoms with Crippen LogP contribution in [0.25, 0.3) is 0 Å². The lowest BCUT2D eigenvalue weighted by Gasteiger charge is -2.33. The first-order chi connectivity index (χ1) is 16.4. The Kier molecular flexibility index (Phi) is 8.24. The largest absolute Gasteiger partial charge is 0.351 e. The molecule has 1 aliphatic carbocycles. The molecule has 0 saturated heterocycles. The lowest BCUT2D eigenvalue weighted by Crippen LogP contribution is -2.47. The van der Waals surface area contributed by atoms with Gasteiger partial charge in [0.25, 0.3) is 5.91 Å². The molecule has 1 aromatic heterocycles.